The molecule has 0 aliphatic heterocycles. The van der Waals surface area contributed by atoms with E-state index in [-0.39, 0.29) is 35.8 Å². The van der Waals surface area contributed by atoms with Crippen LogP contribution in [-0.2, 0) is 15.5 Å². The Morgan fingerprint density at radius 1 is 1.09 bits per heavy atom. The number of hydrogen-bond donors (Lipinski definition) is 3. The molecule has 182 valence electrons. The normalized spacial score (nSPS) is 22.8. The van der Waals surface area contributed by atoms with Crippen LogP contribution in [0.3, 0.4) is 0 Å². The fourth-order valence-corrected chi connectivity index (χ4v) is 5.62. The molecule has 2 aromatic rings. The first-order valence-electron chi connectivity index (χ1n) is 11.7. The summed E-state index contributed by atoms with van der Waals surface area (Å²) in [7, 11) is -2.42. The van der Waals surface area contributed by atoms with Gasteiger partial charge in [0.25, 0.3) is 0 Å². The number of benzene rings is 2. The lowest BCUT2D eigenvalue weighted by Gasteiger charge is -2.29. The topological polar surface area (TPSA) is 96.2 Å². The number of aryl methyl sites for hydroxylation is 1. The molecule has 33 heavy (non-hydrogen) atoms. The molecule has 0 bridgehead atoms. The summed E-state index contributed by atoms with van der Waals surface area (Å²) >= 11 is 0. The van der Waals surface area contributed by atoms with Crippen LogP contribution in [0.15, 0.2) is 48.5 Å². The van der Waals surface area contributed by atoms with Crippen LogP contribution in [0.4, 0.5) is 0 Å². The first-order chi connectivity index (χ1) is 15.6. The lowest BCUT2D eigenvalue weighted by atomic mass is 9.82. The zero-order valence-electron chi connectivity index (χ0n) is 19.8. The second kappa shape index (κ2) is 11.1. The maximum absolute atomic E-state index is 11.8. The van der Waals surface area contributed by atoms with Gasteiger partial charge in [-0.15, -0.1) is 0 Å². The molecule has 1 unspecified atom stereocenters. The minimum atomic E-state index is -3.64. The van der Waals surface area contributed by atoms with Crippen molar-refractivity contribution in [2.75, 3.05) is 13.3 Å². The molecular formula is C26H37O6P. The monoisotopic (exact) mass is 476 g/mol. The van der Waals surface area contributed by atoms with E-state index < -0.39 is 13.7 Å². The Labute approximate surface area is 197 Å². The van der Waals surface area contributed by atoms with Crippen molar-refractivity contribution >= 4 is 7.60 Å². The molecule has 3 N–H and O–H groups in total. The van der Waals surface area contributed by atoms with Crippen LogP contribution in [0.1, 0.15) is 63.0 Å². The van der Waals surface area contributed by atoms with Gasteiger partial charge < -0.3 is 24.4 Å². The fourth-order valence-electron chi connectivity index (χ4n) is 4.91. The predicted octanol–water partition coefficient (Wildman–Crippen LogP) is 5.65. The minimum Gasteiger partial charge on any atom is -0.507 e. The number of rotatable bonds is 11. The number of para-hydroxylation sites is 2. The lowest BCUT2D eigenvalue weighted by Crippen LogP contribution is -2.28. The van der Waals surface area contributed by atoms with Crippen LogP contribution in [0.2, 0.25) is 0 Å². The zero-order valence-corrected chi connectivity index (χ0v) is 20.7. The smallest absolute Gasteiger partial charge is 0.328 e. The highest BCUT2D eigenvalue weighted by Crippen LogP contribution is 2.47. The quantitative estimate of drug-likeness (QED) is 0.363. The van der Waals surface area contributed by atoms with Crippen molar-refractivity contribution in [2.24, 2.45) is 5.92 Å². The molecule has 0 heterocycles. The van der Waals surface area contributed by atoms with Crippen molar-refractivity contribution in [2.45, 2.75) is 70.0 Å². The largest absolute Gasteiger partial charge is 0.507 e. The Hall–Kier alpha value is -1.85. The van der Waals surface area contributed by atoms with Gasteiger partial charge in [-0.3, -0.25) is 4.57 Å². The van der Waals surface area contributed by atoms with Gasteiger partial charge in [0, 0.05) is 7.11 Å². The molecule has 1 aliphatic carbocycles. The van der Waals surface area contributed by atoms with Crippen molar-refractivity contribution in [1.29, 1.82) is 0 Å². The molecule has 2 aromatic carbocycles. The third-order valence-electron chi connectivity index (χ3n) is 6.74. The number of ether oxygens (including phenoxy) is 1. The van der Waals surface area contributed by atoms with Crippen molar-refractivity contribution in [3.63, 3.8) is 0 Å². The molecule has 6 nitrogen and oxygen atoms in total. The van der Waals surface area contributed by atoms with Crippen LogP contribution < -0.4 is 4.74 Å². The summed E-state index contributed by atoms with van der Waals surface area (Å²) in [6, 6.07) is 15.3. The van der Waals surface area contributed by atoms with Crippen LogP contribution in [0.25, 0.3) is 0 Å². The SMILES string of the molecule is COP(=O)(O)CCc1cccc([C@H]2CC[C@@H](O)[C@@H]2CCCC(C)(C)Oc2ccccc2)c1O. The van der Waals surface area contributed by atoms with E-state index >= 15 is 0 Å². The van der Waals surface area contributed by atoms with Crippen molar-refractivity contribution < 1.29 is 28.9 Å². The van der Waals surface area contributed by atoms with Gasteiger partial charge in [-0.25, -0.2) is 0 Å². The zero-order chi connectivity index (χ0) is 24.1. The van der Waals surface area contributed by atoms with Crippen LogP contribution in [0.5, 0.6) is 11.5 Å². The number of phenolic OH excluding ortho intramolecular Hbond substituents is 1. The molecule has 0 saturated heterocycles. The van der Waals surface area contributed by atoms with Crippen molar-refractivity contribution in [3.8, 4) is 11.5 Å². The summed E-state index contributed by atoms with van der Waals surface area (Å²) in [6.45, 7) is 4.16. The molecule has 0 amide bonds. The van der Waals surface area contributed by atoms with Gasteiger partial charge >= 0.3 is 7.60 Å². The summed E-state index contributed by atoms with van der Waals surface area (Å²) in [6.07, 6.45) is 3.92. The number of phenols is 1. The fraction of sp³-hybridized carbons (Fsp3) is 0.538. The molecule has 1 aliphatic rings. The Bertz CT molecular complexity index is 945. The van der Waals surface area contributed by atoms with Gasteiger partial charge in [-0.2, -0.15) is 0 Å². The predicted molar refractivity (Wildman–Crippen MR) is 130 cm³/mol. The average molecular weight is 477 g/mol. The maximum atomic E-state index is 11.8. The number of aliphatic hydroxyl groups excluding tert-OH is 1. The van der Waals surface area contributed by atoms with Crippen LogP contribution in [-0.4, -0.2) is 40.1 Å². The molecular weight excluding hydrogens is 439 g/mol. The molecule has 4 atom stereocenters. The maximum Gasteiger partial charge on any atom is 0.328 e. The number of hydrogen-bond acceptors (Lipinski definition) is 5. The summed E-state index contributed by atoms with van der Waals surface area (Å²) < 4.78 is 22.6. The molecule has 3 rings (SSSR count). The van der Waals surface area contributed by atoms with E-state index in [2.05, 4.69) is 18.4 Å². The number of aliphatic hydroxyl groups is 1. The second-order valence-corrected chi connectivity index (χ2v) is 11.7. The van der Waals surface area contributed by atoms with Crippen LogP contribution >= 0.6 is 7.60 Å². The Morgan fingerprint density at radius 2 is 1.82 bits per heavy atom. The third kappa shape index (κ3) is 7.07. The lowest BCUT2D eigenvalue weighted by molar-refractivity contribution is 0.0841. The van der Waals surface area contributed by atoms with Gasteiger partial charge in [0.05, 0.1) is 12.3 Å². The minimum absolute atomic E-state index is 0.0479. The van der Waals surface area contributed by atoms with E-state index in [4.69, 9.17) is 4.74 Å². The first-order valence-corrected chi connectivity index (χ1v) is 13.5. The van der Waals surface area contributed by atoms with Gasteiger partial charge in [-0.05, 0) is 87.5 Å². The highest BCUT2D eigenvalue weighted by Gasteiger charge is 2.37. The van der Waals surface area contributed by atoms with Gasteiger partial charge in [0.2, 0.25) is 0 Å². The highest BCUT2D eigenvalue weighted by molar-refractivity contribution is 7.52. The van der Waals surface area contributed by atoms with Gasteiger partial charge in [0.1, 0.15) is 17.1 Å². The standard InChI is InChI=1S/C26H37O6P/c1-26(2,32-20-10-5-4-6-11-20)17-8-13-22-21(14-15-24(22)27)23-12-7-9-19(25(23)28)16-18-33(29,30)31-3/h4-7,9-12,21-22,24,27-28H,8,13-18H2,1-3H3,(H,29,30)/t21-,22+,24+/m0/s1. The van der Waals surface area contributed by atoms with E-state index in [0.717, 1.165) is 37.0 Å². The van der Waals surface area contributed by atoms with E-state index in [1.165, 1.54) is 7.11 Å². The molecule has 1 fully saturated rings. The summed E-state index contributed by atoms with van der Waals surface area (Å²) in [5, 5.41) is 21.6. The van der Waals surface area contributed by atoms with Crippen molar-refractivity contribution in [1.82, 2.24) is 0 Å². The van der Waals surface area contributed by atoms with Gasteiger partial charge in [-0.1, -0.05) is 36.4 Å². The molecule has 7 heteroatoms. The summed E-state index contributed by atoms with van der Waals surface area (Å²) in [5.74, 6) is 1.14. The van der Waals surface area contributed by atoms with E-state index in [1.54, 1.807) is 6.07 Å². The Morgan fingerprint density at radius 3 is 2.52 bits per heavy atom. The summed E-state index contributed by atoms with van der Waals surface area (Å²) in [5.41, 5.74) is 1.14. The van der Waals surface area contributed by atoms with Crippen molar-refractivity contribution in [3.05, 3.63) is 59.7 Å². The highest BCUT2D eigenvalue weighted by atomic mass is 31.2. The van der Waals surface area contributed by atoms with E-state index in [9.17, 15) is 19.7 Å². The van der Waals surface area contributed by atoms with Gasteiger partial charge in [0.15, 0.2) is 0 Å². The molecule has 0 aromatic heterocycles. The average Bonchev–Trinajstić information content (AvgIpc) is 3.13. The Balaban J connectivity index is 1.64. The van der Waals surface area contributed by atoms with E-state index in [0.29, 0.717) is 12.0 Å². The van der Waals surface area contributed by atoms with E-state index in [1.807, 2.05) is 42.5 Å². The third-order valence-corrected chi connectivity index (χ3v) is 8.10. The second-order valence-electron chi connectivity index (χ2n) is 9.63. The summed E-state index contributed by atoms with van der Waals surface area (Å²) in [4.78, 5) is 9.70. The Kier molecular flexibility index (Phi) is 8.63. The molecule has 1 saturated carbocycles. The number of aromatic hydroxyl groups is 1. The first kappa shape index (κ1) is 25.8. The molecule has 0 radical (unpaired) electrons. The van der Waals surface area contributed by atoms with Crippen LogP contribution in [0, 0.1) is 5.92 Å². The molecule has 0 spiro atoms.